The van der Waals surface area contributed by atoms with Gasteiger partial charge >= 0.3 is 0 Å². The van der Waals surface area contributed by atoms with Crippen LogP contribution in [0.25, 0.3) is 10.9 Å². The van der Waals surface area contributed by atoms with Crippen molar-refractivity contribution in [1.82, 2.24) is 14.7 Å². The monoisotopic (exact) mass is 390 g/mol. The van der Waals surface area contributed by atoms with Gasteiger partial charge in [0, 0.05) is 36.3 Å². The third kappa shape index (κ3) is 4.13. The van der Waals surface area contributed by atoms with Crippen LogP contribution in [-0.2, 0) is 13.2 Å². The van der Waals surface area contributed by atoms with Crippen LogP contribution in [0.2, 0.25) is 0 Å². The fourth-order valence-electron chi connectivity index (χ4n) is 3.23. The minimum Gasteiger partial charge on any atom is -0.485 e. The van der Waals surface area contributed by atoms with Crippen LogP contribution in [0.3, 0.4) is 0 Å². The topological polar surface area (TPSA) is 82.2 Å². The summed E-state index contributed by atoms with van der Waals surface area (Å²) in [5, 5.41) is 7.85. The van der Waals surface area contributed by atoms with Gasteiger partial charge in [-0.1, -0.05) is 24.2 Å². The van der Waals surface area contributed by atoms with E-state index in [-0.39, 0.29) is 12.5 Å². The van der Waals surface area contributed by atoms with Gasteiger partial charge in [-0.25, -0.2) is 0 Å². The smallest absolute Gasteiger partial charge is 0.259 e. The molecule has 148 valence electrons. The van der Waals surface area contributed by atoms with E-state index < -0.39 is 0 Å². The SMILES string of the molecule is CCCn1ccc2cc(NC(=O)c3ccccc3OCc3noc(C)n3)ccc21. The molecule has 2 aromatic heterocycles. The molecule has 0 fully saturated rings. The summed E-state index contributed by atoms with van der Waals surface area (Å²) in [6.45, 7) is 4.96. The highest BCUT2D eigenvalue weighted by Crippen LogP contribution is 2.24. The number of ether oxygens (including phenoxy) is 1. The van der Waals surface area contributed by atoms with E-state index in [2.05, 4.69) is 39.2 Å². The van der Waals surface area contributed by atoms with Gasteiger partial charge in [-0.3, -0.25) is 4.79 Å². The predicted octanol–water partition coefficient (Wildman–Crippen LogP) is 4.57. The minimum absolute atomic E-state index is 0.124. The Bertz CT molecular complexity index is 1150. The molecule has 4 rings (SSSR count). The van der Waals surface area contributed by atoms with Gasteiger partial charge in [0.15, 0.2) is 6.61 Å². The average Bonchev–Trinajstić information content (AvgIpc) is 3.32. The molecule has 1 amide bonds. The molecule has 0 saturated heterocycles. The van der Waals surface area contributed by atoms with Crippen molar-refractivity contribution in [2.24, 2.45) is 0 Å². The van der Waals surface area contributed by atoms with Crippen molar-refractivity contribution in [3.05, 3.63) is 72.0 Å². The maximum Gasteiger partial charge on any atom is 0.259 e. The number of anilines is 1. The second-order valence-corrected chi connectivity index (χ2v) is 6.75. The molecule has 0 aliphatic rings. The molecule has 0 radical (unpaired) electrons. The lowest BCUT2D eigenvalue weighted by molar-refractivity contribution is 0.102. The Morgan fingerprint density at radius 2 is 2.07 bits per heavy atom. The summed E-state index contributed by atoms with van der Waals surface area (Å²) < 4.78 is 12.9. The van der Waals surface area contributed by atoms with Gasteiger partial charge in [0.2, 0.25) is 11.7 Å². The molecule has 0 saturated carbocycles. The molecule has 7 heteroatoms. The lowest BCUT2D eigenvalue weighted by Crippen LogP contribution is -2.13. The van der Waals surface area contributed by atoms with E-state index in [1.165, 1.54) is 0 Å². The van der Waals surface area contributed by atoms with Crippen molar-refractivity contribution in [2.45, 2.75) is 33.4 Å². The zero-order valence-electron chi connectivity index (χ0n) is 16.4. The molecule has 7 nitrogen and oxygen atoms in total. The zero-order chi connectivity index (χ0) is 20.2. The van der Waals surface area contributed by atoms with Crippen LogP contribution >= 0.6 is 0 Å². The largest absolute Gasteiger partial charge is 0.485 e. The van der Waals surface area contributed by atoms with Gasteiger partial charge in [-0.15, -0.1) is 0 Å². The van der Waals surface area contributed by atoms with Crippen molar-refractivity contribution < 1.29 is 14.1 Å². The lowest BCUT2D eigenvalue weighted by atomic mass is 10.1. The quantitative estimate of drug-likeness (QED) is 0.500. The number of nitrogens with zero attached hydrogens (tertiary/aromatic N) is 3. The Kier molecular flexibility index (Phi) is 5.29. The van der Waals surface area contributed by atoms with Crippen molar-refractivity contribution in [2.75, 3.05) is 5.32 Å². The van der Waals surface area contributed by atoms with Crippen molar-refractivity contribution in [3.8, 4) is 5.75 Å². The van der Waals surface area contributed by atoms with E-state index in [9.17, 15) is 4.79 Å². The van der Waals surface area contributed by atoms with Gasteiger partial charge < -0.3 is 19.1 Å². The maximum atomic E-state index is 12.8. The molecule has 0 bridgehead atoms. The first-order valence-electron chi connectivity index (χ1n) is 9.55. The molecular weight excluding hydrogens is 368 g/mol. The summed E-state index contributed by atoms with van der Waals surface area (Å²) in [5.74, 6) is 1.12. The van der Waals surface area contributed by atoms with Gasteiger partial charge in [-0.2, -0.15) is 4.98 Å². The van der Waals surface area contributed by atoms with Crippen LogP contribution < -0.4 is 10.1 Å². The molecule has 2 heterocycles. The highest BCUT2D eigenvalue weighted by atomic mass is 16.5. The molecule has 0 aliphatic heterocycles. The Balaban J connectivity index is 1.50. The number of hydrogen-bond acceptors (Lipinski definition) is 5. The summed E-state index contributed by atoms with van der Waals surface area (Å²) >= 11 is 0. The highest BCUT2D eigenvalue weighted by Gasteiger charge is 2.14. The van der Waals surface area contributed by atoms with Crippen molar-refractivity contribution in [3.63, 3.8) is 0 Å². The van der Waals surface area contributed by atoms with Crippen LogP contribution in [0.5, 0.6) is 5.75 Å². The van der Waals surface area contributed by atoms with E-state index >= 15 is 0 Å². The Morgan fingerprint density at radius 3 is 2.86 bits per heavy atom. The number of fused-ring (bicyclic) bond motifs is 1. The number of carbonyl (C=O) groups excluding carboxylic acids is 1. The van der Waals surface area contributed by atoms with Gasteiger partial charge in [0.1, 0.15) is 5.75 Å². The van der Waals surface area contributed by atoms with E-state index in [1.54, 1.807) is 25.1 Å². The summed E-state index contributed by atoms with van der Waals surface area (Å²) in [7, 11) is 0. The number of aromatic nitrogens is 3. The van der Waals surface area contributed by atoms with E-state index in [4.69, 9.17) is 9.26 Å². The van der Waals surface area contributed by atoms with E-state index in [0.717, 1.165) is 29.6 Å². The lowest BCUT2D eigenvalue weighted by Gasteiger charge is -2.11. The fourth-order valence-corrected chi connectivity index (χ4v) is 3.23. The highest BCUT2D eigenvalue weighted by molar-refractivity contribution is 6.06. The Labute approximate surface area is 168 Å². The van der Waals surface area contributed by atoms with E-state index in [0.29, 0.717) is 23.0 Å². The van der Waals surface area contributed by atoms with Crippen LogP contribution in [0.4, 0.5) is 5.69 Å². The third-order valence-corrected chi connectivity index (χ3v) is 4.55. The summed E-state index contributed by atoms with van der Waals surface area (Å²) in [6.07, 6.45) is 3.14. The third-order valence-electron chi connectivity index (χ3n) is 4.55. The minimum atomic E-state index is -0.239. The Hall–Kier alpha value is -3.61. The first-order valence-corrected chi connectivity index (χ1v) is 9.55. The van der Waals surface area contributed by atoms with E-state index in [1.807, 2.05) is 24.3 Å². The number of amides is 1. The zero-order valence-corrected chi connectivity index (χ0v) is 16.4. The number of carbonyl (C=O) groups is 1. The molecule has 0 spiro atoms. The molecule has 4 aromatic rings. The summed E-state index contributed by atoms with van der Waals surface area (Å²) in [6, 6.07) is 15.1. The van der Waals surface area contributed by atoms with Crippen LogP contribution in [0, 0.1) is 6.92 Å². The van der Waals surface area contributed by atoms with Crippen molar-refractivity contribution in [1.29, 1.82) is 0 Å². The number of para-hydroxylation sites is 1. The number of rotatable bonds is 7. The van der Waals surface area contributed by atoms with Gasteiger partial charge in [0.25, 0.3) is 5.91 Å². The normalized spacial score (nSPS) is 11.0. The second kappa shape index (κ2) is 8.18. The van der Waals surface area contributed by atoms with Crippen LogP contribution in [-0.4, -0.2) is 20.6 Å². The van der Waals surface area contributed by atoms with Crippen molar-refractivity contribution >= 4 is 22.5 Å². The molecule has 0 atom stereocenters. The first kappa shape index (κ1) is 18.7. The van der Waals surface area contributed by atoms with Crippen LogP contribution in [0.15, 0.2) is 59.3 Å². The first-order chi connectivity index (χ1) is 14.1. The molecular formula is C22H22N4O3. The fraction of sp³-hybridized carbons (Fsp3) is 0.227. The molecule has 1 N–H and O–H groups in total. The molecule has 0 aliphatic carbocycles. The van der Waals surface area contributed by atoms with Crippen LogP contribution in [0.1, 0.15) is 35.4 Å². The summed E-state index contributed by atoms with van der Waals surface area (Å²) in [5.41, 5.74) is 2.33. The summed E-state index contributed by atoms with van der Waals surface area (Å²) in [4.78, 5) is 17.0. The molecule has 0 unspecified atom stereocenters. The second-order valence-electron chi connectivity index (χ2n) is 6.75. The molecule has 2 aromatic carbocycles. The number of hydrogen-bond donors (Lipinski definition) is 1. The number of benzene rings is 2. The Morgan fingerprint density at radius 1 is 1.21 bits per heavy atom. The average molecular weight is 390 g/mol. The molecule has 29 heavy (non-hydrogen) atoms. The maximum absolute atomic E-state index is 12.8. The predicted molar refractivity (Wildman–Crippen MR) is 110 cm³/mol. The number of aryl methyl sites for hydroxylation is 2. The van der Waals surface area contributed by atoms with Gasteiger partial charge in [-0.05, 0) is 42.8 Å². The van der Waals surface area contributed by atoms with Gasteiger partial charge in [0.05, 0.1) is 5.56 Å². The number of nitrogens with one attached hydrogen (secondary N) is 1. The standard InChI is InChI=1S/C22H22N4O3/c1-3-11-26-12-10-16-13-17(8-9-19(16)26)24-22(27)18-6-4-5-7-20(18)28-14-21-23-15(2)29-25-21/h4-10,12-13H,3,11,14H2,1-2H3,(H,24,27).